The zero-order chi connectivity index (χ0) is 12.0. The number of nitrogens with zero attached hydrogens (tertiary/aromatic N) is 1. The van der Waals surface area contributed by atoms with Gasteiger partial charge in [-0.05, 0) is 39.3 Å². The highest BCUT2D eigenvalue weighted by molar-refractivity contribution is 4.85. The summed E-state index contributed by atoms with van der Waals surface area (Å²) in [4.78, 5) is 2.37. The molecule has 2 N–H and O–H groups in total. The van der Waals surface area contributed by atoms with Gasteiger partial charge in [0.05, 0.1) is 12.1 Å². The summed E-state index contributed by atoms with van der Waals surface area (Å²) < 4.78 is 0. The first-order valence-electron chi connectivity index (χ1n) is 6.64. The maximum atomic E-state index is 9.44. The molecular formula is C13H28N2O. The predicted molar refractivity (Wildman–Crippen MR) is 68.6 cm³/mol. The Labute approximate surface area is 100 Å². The molecule has 0 heterocycles. The Morgan fingerprint density at radius 3 is 2.50 bits per heavy atom. The van der Waals surface area contributed by atoms with E-state index in [0.29, 0.717) is 0 Å². The van der Waals surface area contributed by atoms with E-state index in [9.17, 15) is 5.11 Å². The summed E-state index contributed by atoms with van der Waals surface area (Å²) in [6, 6.07) is 0. The van der Waals surface area contributed by atoms with Gasteiger partial charge in [-0.3, -0.25) is 0 Å². The monoisotopic (exact) mass is 228 g/mol. The van der Waals surface area contributed by atoms with Crippen LogP contribution in [0.15, 0.2) is 0 Å². The third-order valence-corrected chi connectivity index (χ3v) is 3.62. The first-order chi connectivity index (χ1) is 7.59. The van der Waals surface area contributed by atoms with Crippen LogP contribution >= 0.6 is 0 Å². The van der Waals surface area contributed by atoms with Crippen LogP contribution in [0.5, 0.6) is 0 Å². The van der Waals surface area contributed by atoms with Gasteiger partial charge in [-0.1, -0.05) is 19.8 Å². The topological polar surface area (TPSA) is 35.5 Å². The molecule has 0 aromatic carbocycles. The minimum Gasteiger partial charge on any atom is -0.394 e. The molecule has 0 radical (unpaired) electrons. The summed E-state index contributed by atoms with van der Waals surface area (Å²) in [5.74, 6) is 0.884. The van der Waals surface area contributed by atoms with Crippen molar-refractivity contribution in [1.82, 2.24) is 10.2 Å². The number of likely N-dealkylation sites (N-methyl/N-ethyl adjacent to an activating group) is 2. The molecule has 3 nitrogen and oxygen atoms in total. The Morgan fingerprint density at radius 1 is 1.38 bits per heavy atom. The van der Waals surface area contributed by atoms with Crippen molar-refractivity contribution in [3.63, 3.8) is 0 Å². The number of nitrogens with one attached hydrogen (secondary N) is 1. The second-order valence-corrected chi connectivity index (χ2v) is 5.60. The minimum absolute atomic E-state index is 0.151. The largest absolute Gasteiger partial charge is 0.394 e. The van der Waals surface area contributed by atoms with Gasteiger partial charge in [0.2, 0.25) is 0 Å². The number of aliphatic hydroxyl groups is 1. The van der Waals surface area contributed by atoms with E-state index in [4.69, 9.17) is 0 Å². The van der Waals surface area contributed by atoms with Crippen LogP contribution in [0.4, 0.5) is 0 Å². The fourth-order valence-electron chi connectivity index (χ4n) is 2.88. The van der Waals surface area contributed by atoms with E-state index >= 15 is 0 Å². The van der Waals surface area contributed by atoms with Gasteiger partial charge in [-0.2, -0.15) is 0 Å². The smallest absolute Gasteiger partial charge is 0.0623 e. The fourth-order valence-corrected chi connectivity index (χ4v) is 2.88. The second-order valence-electron chi connectivity index (χ2n) is 5.60. The lowest BCUT2D eigenvalue weighted by atomic mass is 10.0. The number of hydrogen-bond donors (Lipinski definition) is 2. The van der Waals surface area contributed by atoms with Gasteiger partial charge in [0.1, 0.15) is 0 Å². The predicted octanol–water partition coefficient (Wildman–Crippen LogP) is 1.47. The normalized spacial score (nSPS) is 21.6. The number of aliphatic hydroxyl groups excluding tert-OH is 1. The van der Waals surface area contributed by atoms with Crippen LogP contribution in [0, 0.1) is 5.92 Å². The quantitative estimate of drug-likeness (QED) is 0.692. The highest BCUT2D eigenvalue weighted by Gasteiger charge is 2.25. The number of hydrogen-bond acceptors (Lipinski definition) is 3. The van der Waals surface area contributed by atoms with Crippen LogP contribution in [0.1, 0.15) is 39.5 Å². The highest BCUT2D eigenvalue weighted by Crippen LogP contribution is 2.25. The van der Waals surface area contributed by atoms with Crippen molar-refractivity contribution in [1.29, 1.82) is 0 Å². The van der Waals surface area contributed by atoms with Crippen molar-refractivity contribution in [3.05, 3.63) is 0 Å². The van der Waals surface area contributed by atoms with Crippen LogP contribution in [0.25, 0.3) is 0 Å². The zero-order valence-electron chi connectivity index (χ0n) is 11.1. The Kier molecular flexibility index (Phi) is 5.73. The highest BCUT2D eigenvalue weighted by atomic mass is 16.3. The lowest BCUT2D eigenvalue weighted by molar-refractivity contribution is 0.126. The van der Waals surface area contributed by atoms with Crippen molar-refractivity contribution >= 4 is 0 Å². The lowest BCUT2D eigenvalue weighted by Gasteiger charge is -2.34. The molecule has 0 saturated heterocycles. The Balaban J connectivity index is 2.32. The SMILES string of the molecule is CCNC(C)(CO)CN(C)CC1CCCC1. The molecule has 0 amide bonds. The third-order valence-electron chi connectivity index (χ3n) is 3.62. The maximum Gasteiger partial charge on any atom is 0.0623 e. The van der Waals surface area contributed by atoms with E-state index in [1.807, 2.05) is 0 Å². The average molecular weight is 228 g/mol. The van der Waals surface area contributed by atoms with Gasteiger partial charge in [0.15, 0.2) is 0 Å². The molecule has 0 spiro atoms. The van der Waals surface area contributed by atoms with E-state index in [2.05, 4.69) is 31.1 Å². The average Bonchev–Trinajstić information content (AvgIpc) is 2.70. The summed E-state index contributed by atoms with van der Waals surface area (Å²) in [5, 5.41) is 12.8. The molecule has 1 fully saturated rings. The molecule has 96 valence electrons. The molecular weight excluding hydrogens is 200 g/mol. The molecule has 1 aliphatic carbocycles. The van der Waals surface area contributed by atoms with Crippen molar-refractivity contribution in [2.24, 2.45) is 5.92 Å². The van der Waals surface area contributed by atoms with E-state index in [0.717, 1.165) is 19.0 Å². The summed E-state index contributed by atoms with van der Waals surface area (Å²) in [6.07, 6.45) is 5.59. The van der Waals surface area contributed by atoms with Gasteiger partial charge in [0, 0.05) is 13.1 Å². The Hall–Kier alpha value is -0.120. The summed E-state index contributed by atoms with van der Waals surface area (Å²) in [6.45, 7) is 7.41. The Bertz CT molecular complexity index is 192. The molecule has 1 rings (SSSR count). The van der Waals surface area contributed by atoms with E-state index in [-0.39, 0.29) is 12.1 Å². The van der Waals surface area contributed by atoms with Gasteiger partial charge in [-0.25, -0.2) is 0 Å². The van der Waals surface area contributed by atoms with Gasteiger partial charge in [-0.15, -0.1) is 0 Å². The molecule has 1 saturated carbocycles. The van der Waals surface area contributed by atoms with E-state index in [1.165, 1.54) is 32.2 Å². The fraction of sp³-hybridized carbons (Fsp3) is 1.00. The van der Waals surface area contributed by atoms with Crippen LogP contribution in [0.2, 0.25) is 0 Å². The molecule has 0 bridgehead atoms. The van der Waals surface area contributed by atoms with Gasteiger partial charge >= 0.3 is 0 Å². The van der Waals surface area contributed by atoms with Crippen molar-refractivity contribution < 1.29 is 5.11 Å². The summed E-state index contributed by atoms with van der Waals surface area (Å²) in [5.41, 5.74) is -0.151. The molecule has 1 aliphatic rings. The molecule has 3 heteroatoms. The van der Waals surface area contributed by atoms with Gasteiger partial charge in [0.25, 0.3) is 0 Å². The van der Waals surface area contributed by atoms with Crippen LogP contribution in [0.3, 0.4) is 0 Å². The number of rotatable bonds is 7. The molecule has 1 atom stereocenters. The maximum absolute atomic E-state index is 9.44. The summed E-state index contributed by atoms with van der Waals surface area (Å²) >= 11 is 0. The first kappa shape index (κ1) is 13.9. The van der Waals surface area contributed by atoms with Gasteiger partial charge < -0.3 is 15.3 Å². The molecule has 0 aliphatic heterocycles. The molecule has 16 heavy (non-hydrogen) atoms. The Morgan fingerprint density at radius 2 is 2.00 bits per heavy atom. The zero-order valence-corrected chi connectivity index (χ0v) is 11.1. The van der Waals surface area contributed by atoms with Crippen LogP contribution < -0.4 is 5.32 Å². The van der Waals surface area contributed by atoms with Crippen LogP contribution in [-0.2, 0) is 0 Å². The standard InChI is InChI=1S/C13H28N2O/c1-4-14-13(2,11-16)10-15(3)9-12-7-5-6-8-12/h12,14,16H,4-11H2,1-3H3. The molecule has 0 aromatic rings. The first-order valence-corrected chi connectivity index (χ1v) is 6.64. The van der Waals surface area contributed by atoms with Crippen LogP contribution in [-0.4, -0.2) is 48.8 Å². The second kappa shape index (κ2) is 6.58. The molecule has 0 aromatic heterocycles. The summed E-state index contributed by atoms with van der Waals surface area (Å²) in [7, 11) is 2.17. The van der Waals surface area contributed by atoms with Crippen molar-refractivity contribution in [2.45, 2.75) is 45.1 Å². The van der Waals surface area contributed by atoms with Crippen molar-refractivity contribution in [2.75, 3.05) is 33.3 Å². The van der Waals surface area contributed by atoms with Crippen molar-refractivity contribution in [3.8, 4) is 0 Å². The third kappa shape index (κ3) is 4.40. The molecule has 1 unspecified atom stereocenters. The minimum atomic E-state index is -0.151. The lowest BCUT2D eigenvalue weighted by Crippen LogP contribution is -2.53. The van der Waals surface area contributed by atoms with E-state index in [1.54, 1.807) is 0 Å². The van der Waals surface area contributed by atoms with E-state index < -0.39 is 0 Å².